The van der Waals surface area contributed by atoms with E-state index in [2.05, 4.69) is 25.2 Å². The van der Waals surface area contributed by atoms with E-state index >= 15 is 0 Å². The van der Waals surface area contributed by atoms with Crippen LogP contribution in [0.4, 0.5) is 5.69 Å². The molecule has 1 aliphatic rings. The summed E-state index contributed by atoms with van der Waals surface area (Å²) >= 11 is 6.09. The van der Waals surface area contributed by atoms with Crippen molar-refractivity contribution >= 4 is 17.3 Å². The van der Waals surface area contributed by atoms with Gasteiger partial charge in [0.05, 0.1) is 23.9 Å². The predicted octanol–water partition coefficient (Wildman–Crippen LogP) is 3.10. The van der Waals surface area contributed by atoms with E-state index in [1.165, 1.54) is 5.56 Å². The molecule has 1 aromatic carbocycles. The van der Waals surface area contributed by atoms with Gasteiger partial charge in [-0.2, -0.15) is 0 Å². The number of hydrogen-bond acceptors (Lipinski definition) is 2. The topological polar surface area (TPSA) is 21.3 Å². The highest BCUT2D eigenvalue weighted by Crippen LogP contribution is 2.29. The predicted molar refractivity (Wildman–Crippen MR) is 63.6 cm³/mol. The summed E-state index contributed by atoms with van der Waals surface area (Å²) in [6.07, 6.45) is 0. The molecule has 82 valence electrons. The summed E-state index contributed by atoms with van der Waals surface area (Å²) in [5.41, 5.74) is 2.51. The highest BCUT2D eigenvalue weighted by Gasteiger charge is 2.33. The van der Waals surface area contributed by atoms with Crippen LogP contribution in [0.15, 0.2) is 18.2 Å². The largest absolute Gasteiger partial charge is 0.383 e. The third-order valence-electron chi connectivity index (χ3n) is 2.73. The average Bonchev–Trinajstić information content (AvgIpc) is 2.17. The van der Waals surface area contributed by atoms with E-state index in [-0.39, 0.29) is 5.41 Å². The molecule has 0 amide bonds. The van der Waals surface area contributed by atoms with Gasteiger partial charge in [-0.15, -0.1) is 0 Å². The lowest BCUT2D eigenvalue weighted by Crippen LogP contribution is -2.45. The molecule has 1 N–H and O–H groups in total. The fraction of sp³-hybridized carbons (Fsp3) is 0.500. The van der Waals surface area contributed by atoms with Crippen molar-refractivity contribution in [1.82, 2.24) is 0 Å². The van der Waals surface area contributed by atoms with Gasteiger partial charge >= 0.3 is 0 Å². The molecule has 0 spiro atoms. The summed E-state index contributed by atoms with van der Waals surface area (Å²) in [5.74, 6) is 0. The number of hydrogen-bond donors (Lipinski definition) is 1. The van der Waals surface area contributed by atoms with Gasteiger partial charge in [-0.1, -0.05) is 24.6 Å². The number of anilines is 1. The van der Waals surface area contributed by atoms with E-state index in [4.69, 9.17) is 16.3 Å². The van der Waals surface area contributed by atoms with Crippen molar-refractivity contribution in [1.29, 1.82) is 0 Å². The van der Waals surface area contributed by atoms with Crippen LogP contribution in [0.1, 0.15) is 12.5 Å². The van der Waals surface area contributed by atoms with Crippen LogP contribution in [0.2, 0.25) is 5.02 Å². The molecule has 0 aromatic heterocycles. The molecule has 2 rings (SSSR count). The average molecular weight is 226 g/mol. The smallest absolute Gasteiger partial charge is 0.0637 e. The van der Waals surface area contributed by atoms with Gasteiger partial charge in [0.15, 0.2) is 0 Å². The Hall–Kier alpha value is -0.730. The first-order chi connectivity index (χ1) is 7.09. The van der Waals surface area contributed by atoms with Crippen molar-refractivity contribution < 1.29 is 4.74 Å². The molecule has 0 bridgehead atoms. The zero-order chi connectivity index (χ0) is 10.9. The van der Waals surface area contributed by atoms with Gasteiger partial charge in [-0.3, -0.25) is 0 Å². The Morgan fingerprint density at radius 2 is 2.20 bits per heavy atom. The van der Waals surface area contributed by atoms with Gasteiger partial charge in [0.25, 0.3) is 0 Å². The standard InChI is InChI=1S/C12H16ClNO/c1-9-3-4-10(13)11(5-9)14-6-12(2)7-15-8-12/h3-5,14H,6-8H2,1-2H3. The molecular formula is C12H16ClNO. The first kappa shape index (κ1) is 10.8. The Labute approximate surface area is 95.6 Å². The maximum absolute atomic E-state index is 6.09. The minimum absolute atomic E-state index is 0.271. The Kier molecular flexibility index (Phi) is 2.89. The van der Waals surface area contributed by atoms with E-state index in [1.54, 1.807) is 0 Å². The van der Waals surface area contributed by atoms with Gasteiger partial charge < -0.3 is 10.1 Å². The number of aryl methyl sites for hydroxylation is 1. The number of benzene rings is 1. The van der Waals surface area contributed by atoms with Crippen LogP contribution in [0.25, 0.3) is 0 Å². The highest BCUT2D eigenvalue weighted by atomic mass is 35.5. The third kappa shape index (κ3) is 2.44. The van der Waals surface area contributed by atoms with Gasteiger partial charge in [-0.25, -0.2) is 0 Å². The molecule has 0 aliphatic carbocycles. The SMILES string of the molecule is Cc1ccc(Cl)c(NCC2(C)COC2)c1. The van der Waals surface area contributed by atoms with E-state index in [9.17, 15) is 0 Å². The first-order valence-corrected chi connectivity index (χ1v) is 5.55. The molecule has 0 saturated carbocycles. The maximum Gasteiger partial charge on any atom is 0.0637 e. The fourth-order valence-electron chi connectivity index (χ4n) is 1.64. The minimum Gasteiger partial charge on any atom is -0.383 e. The molecule has 15 heavy (non-hydrogen) atoms. The number of rotatable bonds is 3. The zero-order valence-corrected chi connectivity index (χ0v) is 9.90. The maximum atomic E-state index is 6.09. The van der Waals surface area contributed by atoms with Gasteiger partial charge in [0.2, 0.25) is 0 Å². The van der Waals surface area contributed by atoms with E-state index < -0.39 is 0 Å². The van der Waals surface area contributed by atoms with Crippen molar-refractivity contribution in [3.8, 4) is 0 Å². The minimum atomic E-state index is 0.271. The second-order valence-electron chi connectivity index (χ2n) is 4.64. The molecule has 1 saturated heterocycles. The van der Waals surface area contributed by atoms with Crippen LogP contribution in [0.5, 0.6) is 0 Å². The lowest BCUT2D eigenvalue weighted by Gasteiger charge is -2.38. The number of ether oxygens (including phenoxy) is 1. The second-order valence-corrected chi connectivity index (χ2v) is 5.05. The highest BCUT2D eigenvalue weighted by molar-refractivity contribution is 6.33. The monoisotopic (exact) mass is 225 g/mol. The lowest BCUT2D eigenvalue weighted by atomic mass is 9.88. The quantitative estimate of drug-likeness (QED) is 0.854. The normalized spacial score (nSPS) is 18.3. The zero-order valence-electron chi connectivity index (χ0n) is 9.14. The summed E-state index contributed by atoms with van der Waals surface area (Å²) in [6.45, 7) is 6.87. The van der Waals surface area contributed by atoms with Crippen molar-refractivity contribution in [2.75, 3.05) is 25.1 Å². The second kappa shape index (κ2) is 4.03. The summed E-state index contributed by atoms with van der Waals surface area (Å²) in [5, 5.41) is 4.17. The Morgan fingerprint density at radius 3 is 2.80 bits per heavy atom. The van der Waals surface area contributed by atoms with Gasteiger partial charge in [0.1, 0.15) is 0 Å². The van der Waals surface area contributed by atoms with Crippen LogP contribution < -0.4 is 5.32 Å². The van der Waals surface area contributed by atoms with Crippen LogP contribution >= 0.6 is 11.6 Å². The Morgan fingerprint density at radius 1 is 1.47 bits per heavy atom. The first-order valence-electron chi connectivity index (χ1n) is 5.17. The molecule has 1 heterocycles. The molecule has 2 nitrogen and oxygen atoms in total. The molecule has 0 atom stereocenters. The molecule has 0 radical (unpaired) electrons. The molecule has 1 aliphatic heterocycles. The summed E-state index contributed by atoms with van der Waals surface area (Å²) in [4.78, 5) is 0. The van der Waals surface area contributed by atoms with E-state index in [1.807, 2.05) is 12.1 Å². The van der Waals surface area contributed by atoms with Crippen LogP contribution in [0.3, 0.4) is 0 Å². The van der Waals surface area contributed by atoms with Gasteiger partial charge in [0, 0.05) is 12.0 Å². The molecule has 3 heteroatoms. The third-order valence-corrected chi connectivity index (χ3v) is 3.06. The van der Waals surface area contributed by atoms with E-state index in [0.29, 0.717) is 0 Å². The molecular weight excluding hydrogens is 210 g/mol. The van der Waals surface area contributed by atoms with Crippen LogP contribution in [0, 0.1) is 12.3 Å². The molecule has 1 fully saturated rings. The summed E-state index contributed by atoms with van der Waals surface area (Å²) in [6, 6.07) is 6.02. The van der Waals surface area contributed by atoms with Crippen molar-refractivity contribution in [3.05, 3.63) is 28.8 Å². The van der Waals surface area contributed by atoms with Crippen LogP contribution in [-0.4, -0.2) is 19.8 Å². The van der Waals surface area contributed by atoms with E-state index in [0.717, 1.165) is 30.5 Å². The van der Waals surface area contributed by atoms with Crippen molar-refractivity contribution in [3.63, 3.8) is 0 Å². The number of halogens is 1. The van der Waals surface area contributed by atoms with Gasteiger partial charge in [-0.05, 0) is 24.6 Å². The molecule has 0 unspecified atom stereocenters. The van der Waals surface area contributed by atoms with Crippen LogP contribution in [-0.2, 0) is 4.74 Å². The summed E-state index contributed by atoms with van der Waals surface area (Å²) < 4.78 is 5.21. The lowest BCUT2D eigenvalue weighted by molar-refractivity contribution is -0.0924. The molecule has 1 aromatic rings. The number of nitrogens with one attached hydrogen (secondary N) is 1. The Balaban J connectivity index is 2.01. The Bertz CT molecular complexity index is 361. The van der Waals surface area contributed by atoms with Crippen molar-refractivity contribution in [2.45, 2.75) is 13.8 Å². The summed E-state index contributed by atoms with van der Waals surface area (Å²) in [7, 11) is 0. The van der Waals surface area contributed by atoms with Crippen molar-refractivity contribution in [2.24, 2.45) is 5.41 Å². The fourth-order valence-corrected chi connectivity index (χ4v) is 1.82.